The van der Waals surface area contributed by atoms with Gasteiger partial charge in [-0.1, -0.05) is 22.0 Å². The first-order valence-electron chi connectivity index (χ1n) is 5.75. The number of nitrogens with zero attached hydrogens (tertiary/aromatic N) is 1. The van der Waals surface area contributed by atoms with Crippen LogP contribution in [0.3, 0.4) is 0 Å². The molecular formula is C13H16BrNO2. The summed E-state index contributed by atoms with van der Waals surface area (Å²) in [6.45, 7) is 3.34. The molecule has 17 heavy (non-hydrogen) atoms. The topological polar surface area (TPSA) is 40.5 Å². The lowest BCUT2D eigenvalue weighted by atomic mass is 9.82. The van der Waals surface area contributed by atoms with Gasteiger partial charge >= 0.3 is 5.97 Å². The summed E-state index contributed by atoms with van der Waals surface area (Å²) in [6, 6.07) is 8.02. The number of halogens is 1. The van der Waals surface area contributed by atoms with E-state index in [1.807, 2.05) is 31.2 Å². The van der Waals surface area contributed by atoms with Crippen molar-refractivity contribution in [2.45, 2.75) is 19.8 Å². The number of hydrogen-bond acceptors (Lipinski definition) is 2. The Morgan fingerprint density at radius 2 is 2.29 bits per heavy atom. The number of benzene rings is 1. The summed E-state index contributed by atoms with van der Waals surface area (Å²) in [5.74, 6) is -0.697. The van der Waals surface area contributed by atoms with Gasteiger partial charge in [0.1, 0.15) is 0 Å². The summed E-state index contributed by atoms with van der Waals surface area (Å²) in [4.78, 5) is 13.4. The SMILES string of the molecule is CC1(C(=O)O)CCCN(c2cccc(Br)c2)C1. The molecule has 0 aliphatic carbocycles. The van der Waals surface area contributed by atoms with Crippen LogP contribution in [0.1, 0.15) is 19.8 Å². The minimum atomic E-state index is -0.697. The first-order chi connectivity index (χ1) is 8.01. The van der Waals surface area contributed by atoms with E-state index in [4.69, 9.17) is 0 Å². The Morgan fingerprint density at radius 1 is 1.53 bits per heavy atom. The Morgan fingerprint density at radius 3 is 2.94 bits per heavy atom. The van der Waals surface area contributed by atoms with Crippen molar-refractivity contribution in [3.63, 3.8) is 0 Å². The molecule has 1 aromatic rings. The van der Waals surface area contributed by atoms with Gasteiger partial charge in [-0.05, 0) is 38.0 Å². The lowest BCUT2D eigenvalue weighted by molar-refractivity contribution is -0.148. The highest BCUT2D eigenvalue weighted by Crippen LogP contribution is 2.33. The second-order valence-electron chi connectivity index (χ2n) is 4.87. The first kappa shape index (κ1) is 12.4. The number of anilines is 1. The van der Waals surface area contributed by atoms with Gasteiger partial charge in [-0.2, -0.15) is 0 Å². The fraction of sp³-hybridized carbons (Fsp3) is 0.462. The molecule has 1 aromatic carbocycles. The summed E-state index contributed by atoms with van der Waals surface area (Å²) in [5, 5.41) is 9.28. The smallest absolute Gasteiger partial charge is 0.311 e. The van der Waals surface area contributed by atoms with E-state index in [0.29, 0.717) is 6.54 Å². The summed E-state index contributed by atoms with van der Waals surface area (Å²) >= 11 is 3.44. The van der Waals surface area contributed by atoms with Gasteiger partial charge in [0.15, 0.2) is 0 Å². The van der Waals surface area contributed by atoms with Crippen LogP contribution in [0.2, 0.25) is 0 Å². The van der Waals surface area contributed by atoms with Gasteiger partial charge in [0, 0.05) is 23.2 Å². The molecular weight excluding hydrogens is 282 g/mol. The van der Waals surface area contributed by atoms with Gasteiger partial charge < -0.3 is 10.0 Å². The predicted molar refractivity (Wildman–Crippen MR) is 71.3 cm³/mol. The molecule has 1 unspecified atom stereocenters. The third kappa shape index (κ3) is 2.63. The van der Waals surface area contributed by atoms with Crippen molar-refractivity contribution in [2.24, 2.45) is 5.41 Å². The number of carbonyl (C=O) groups is 1. The fourth-order valence-corrected chi connectivity index (χ4v) is 2.69. The molecule has 1 atom stereocenters. The van der Waals surface area contributed by atoms with Crippen molar-refractivity contribution in [3.05, 3.63) is 28.7 Å². The molecule has 1 aliphatic heterocycles. The standard InChI is InChI=1S/C13H16BrNO2/c1-13(12(16)17)6-3-7-15(9-13)11-5-2-4-10(14)8-11/h2,4-5,8H,3,6-7,9H2,1H3,(H,16,17). The van der Waals surface area contributed by atoms with Crippen LogP contribution in [0.4, 0.5) is 5.69 Å². The number of rotatable bonds is 2. The van der Waals surface area contributed by atoms with Gasteiger partial charge in [0.25, 0.3) is 0 Å². The highest BCUT2D eigenvalue weighted by Gasteiger charge is 2.37. The zero-order valence-corrected chi connectivity index (χ0v) is 11.4. The Labute approximate surface area is 110 Å². The molecule has 4 heteroatoms. The maximum atomic E-state index is 11.3. The predicted octanol–water partition coefficient (Wildman–Crippen LogP) is 3.14. The van der Waals surface area contributed by atoms with Crippen molar-refractivity contribution in [1.82, 2.24) is 0 Å². The highest BCUT2D eigenvalue weighted by molar-refractivity contribution is 9.10. The van der Waals surface area contributed by atoms with Crippen LogP contribution in [-0.4, -0.2) is 24.2 Å². The Hall–Kier alpha value is -1.03. The maximum absolute atomic E-state index is 11.3. The van der Waals surface area contributed by atoms with Gasteiger partial charge in [0.05, 0.1) is 5.41 Å². The minimum absolute atomic E-state index is 0.582. The molecule has 1 fully saturated rings. The number of carboxylic acids is 1. The zero-order chi connectivity index (χ0) is 12.5. The Kier molecular flexibility index (Phi) is 3.43. The Balaban J connectivity index is 2.20. The van der Waals surface area contributed by atoms with Gasteiger partial charge in [-0.25, -0.2) is 0 Å². The van der Waals surface area contributed by atoms with Crippen molar-refractivity contribution in [3.8, 4) is 0 Å². The summed E-state index contributed by atoms with van der Waals surface area (Å²) in [6.07, 6.45) is 1.68. The van der Waals surface area contributed by atoms with Crippen LogP contribution < -0.4 is 4.90 Å². The van der Waals surface area contributed by atoms with Gasteiger partial charge in [-0.3, -0.25) is 4.79 Å². The fourth-order valence-electron chi connectivity index (χ4n) is 2.31. The molecule has 1 heterocycles. The number of aliphatic carboxylic acids is 1. The van der Waals surface area contributed by atoms with Gasteiger partial charge in [-0.15, -0.1) is 0 Å². The summed E-state index contributed by atoms with van der Waals surface area (Å²) < 4.78 is 1.03. The average molecular weight is 298 g/mol. The van der Waals surface area contributed by atoms with E-state index in [-0.39, 0.29) is 0 Å². The van der Waals surface area contributed by atoms with E-state index in [2.05, 4.69) is 20.8 Å². The van der Waals surface area contributed by atoms with E-state index >= 15 is 0 Å². The van der Waals surface area contributed by atoms with E-state index in [1.165, 1.54) is 0 Å². The molecule has 2 rings (SSSR count). The largest absolute Gasteiger partial charge is 0.481 e. The van der Waals surface area contributed by atoms with Crippen molar-refractivity contribution in [1.29, 1.82) is 0 Å². The lowest BCUT2D eigenvalue weighted by Crippen LogP contribution is -2.46. The second-order valence-corrected chi connectivity index (χ2v) is 5.79. The molecule has 92 valence electrons. The molecule has 3 nitrogen and oxygen atoms in total. The highest BCUT2D eigenvalue weighted by atomic mass is 79.9. The van der Waals surface area contributed by atoms with E-state index in [0.717, 1.165) is 29.5 Å². The molecule has 0 spiro atoms. The quantitative estimate of drug-likeness (QED) is 0.912. The molecule has 0 amide bonds. The minimum Gasteiger partial charge on any atom is -0.481 e. The van der Waals surface area contributed by atoms with Crippen LogP contribution >= 0.6 is 15.9 Å². The second kappa shape index (κ2) is 4.69. The van der Waals surface area contributed by atoms with Crippen LogP contribution in [0.25, 0.3) is 0 Å². The Bertz CT molecular complexity index is 435. The molecule has 0 saturated carbocycles. The third-order valence-electron chi connectivity index (χ3n) is 3.39. The zero-order valence-electron chi connectivity index (χ0n) is 9.82. The monoisotopic (exact) mass is 297 g/mol. The van der Waals surface area contributed by atoms with Crippen molar-refractivity contribution in [2.75, 3.05) is 18.0 Å². The molecule has 1 saturated heterocycles. The van der Waals surface area contributed by atoms with Crippen molar-refractivity contribution >= 4 is 27.6 Å². The van der Waals surface area contributed by atoms with Crippen LogP contribution in [0.5, 0.6) is 0 Å². The lowest BCUT2D eigenvalue weighted by Gasteiger charge is -2.39. The normalized spacial score (nSPS) is 24.7. The number of piperidine rings is 1. The molecule has 0 radical (unpaired) electrons. The summed E-state index contributed by atoms with van der Waals surface area (Å²) in [5.41, 5.74) is 0.465. The number of hydrogen-bond donors (Lipinski definition) is 1. The van der Waals surface area contributed by atoms with Crippen LogP contribution in [0, 0.1) is 5.41 Å². The van der Waals surface area contributed by atoms with E-state index in [9.17, 15) is 9.90 Å². The summed E-state index contributed by atoms with van der Waals surface area (Å²) in [7, 11) is 0. The van der Waals surface area contributed by atoms with E-state index in [1.54, 1.807) is 0 Å². The van der Waals surface area contributed by atoms with Gasteiger partial charge in [0.2, 0.25) is 0 Å². The van der Waals surface area contributed by atoms with E-state index < -0.39 is 11.4 Å². The molecule has 0 aromatic heterocycles. The molecule has 0 bridgehead atoms. The average Bonchev–Trinajstić information content (AvgIpc) is 2.29. The molecule has 1 aliphatic rings. The number of carboxylic acid groups (broad SMARTS) is 1. The maximum Gasteiger partial charge on any atom is 0.311 e. The van der Waals surface area contributed by atoms with Crippen LogP contribution in [0.15, 0.2) is 28.7 Å². The third-order valence-corrected chi connectivity index (χ3v) is 3.88. The van der Waals surface area contributed by atoms with Crippen molar-refractivity contribution < 1.29 is 9.90 Å². The first-order valence-corrected chi connectivity index (χ1v) is 6.54. The molecule has 1 N–H and O–H groups in total. The van der Waals surface area contributed by atoms with Crippen LogP contribution in [-0.2, 0) is 4.79 Å².